The average Bonchev–Trinajstić information content (AvgIpc) is 2.34. The largest absolute Gasteiger partial charge is 0.480 e. The maximum atomic E-state index is 11.8. The number of pyridine rings is 1. The van der Waals surface area contributed by atoms with Crippen LogP contribution in [0.2, 0.25) is 0 Å². The fourth-order valence-electron chi connectivity index (χ4n) is 1.33. The first-order chi connectivity index (χ1) is 8.91. The molecule has 0 aliphatic rings. The van der Waals surface area contributed by atoms with Gasteiger partial charge in [0.2, 0.25) is 0 Å². The van der Waals surface area contributed by atoms with E-state index in [0.717, 1.165) is 6.92 Å². The van der Waals surface area contributed by atoms with E-state index in [1.165, 1.54) is 6.20 Å². The highest BCUT2D eigenvalue weighted by Gasteiger charge is 2.23. The van der Waals surface area contributed by atoms with Crippen molar-refractivity contribution < 1.29 is 24.2 Å². The van der Waals surface area contributed by atoms with E-state index in [-0.39, 0.29) is 5.69 Å². The molecule has 2 N–H and O–H groups in total. The number of carboxylic acids is 1. The summed E-state index contributed by atoms with van der Waals surface area (Å²) in [5.41, 5.74) is 0.758. The van der Waals surface area contributed by atoms with Crippen molar-refractivity contribution in [2.45, 2.75) is 19.9 Å². The summed E-state index contributed by atoms with van der Waals surface area (Å²) in [7, 11) is 0. The second kappa shape index (κ2) is 6.48. The maximum Gasteiger partial charge on any atom is 0.329 e. The van der Waals surface area contributed by atoms with Gasteiger partial charge in [0.1, 0.15) is 12.3 Å². The minimum absolute atomic E-state index is 0.136. The predicted molar refractivity (Wildman–Crippen MR) is 64.5 cm³/mol. The number of rotatable bonds is 5. The van der Waals surface area contributed by atoms with Crippen molar-refractivity contribution in [1.82, 2.24) is 10.3 Å². The quantitative estimate of drug-likeness (QED) is 0.734. The van der Waals surface area contributed by atoms with Crippen molar-refractivity contribution in [1.29, 1.82) is 0 Å². The van der Waals surface area contributed by atoms with Crippen LogP contribution in [0.15, 0.2) is 18.3 Å². The third kappa shape index (κ3) is 4.38. The molecule has 1 rings (SSSR count). The summed E-state index contributed by atoms with van der Waals surface area (Å²) >= 11 is 0. The van der Waals surface area contributed by atoms with Crippen molar-refractivity contribution in [2.75, 3.05) is 6.61 Å². The van der Waals surface area contributed by atoms with Gasteiger partial charge in [0, 0.05) is 13.1 Å². The molecule has 0 aliphatic carbocycles. The Morgan fingerprint density at radius 2 is 2.16 bits per heavy atom. The summed E-state index contributed by atoms with van der Waals surface area (Å²) in [6.45, 7) is 2.41. The van der Waals surface area contributed by atoms with Crippen LogP contribution in [-0.2, 0) is 14.3 Å². The Balaban J connectivity index is 2.74. The lowest BCUT2D eigenvalue weighted by Gasteiger charge is -2.14. The van der Waals surface area contributed by atoms with E-state index in [2.05, 4.69) is 15.0 Å². The zero-order chi connectivity index (χ0) is 14.4. The topological polar surface area (TPSA) is 106 Å². The summed E-state index contributed by atoms with van der Waals surface area (Å²) in [4.78, 5) is 37.3. The normalized spacial score (nSPS) is 11.5. The molecule has 0 radical (unpaired) electrons. The lowest BCUT2D eigenvalue weighted by molar-refractivity contribution is -0.146. The molecule has 7 nitrogen and oxygen atoms in total. The summed E-state index contributed by atoms with van der Waals surface area (Å²) in [5, 5.41) is 11.2. The lowest BCUT2D eigenvalue weighted by atomic mass is 10.2. The third-order valence-electron chi connectivity index (χ3n) is 2.28. The van der Waals surface area contributed by atoms with Gasteiger partial charge >= 0.3 is 11.9 Å². The van der Waals surface area contributed by atoms with E-state index in [4.69, 9.17) is 5.11 Å². The highest BCUT2D eigenvalue weighted by molar-refractivity contribution is 5.96. The van der Waals surface area contributed by atoms with E-state index in [0.29, 0.717) is 5.56 Å². The number of aromatic nitrogens is 1. The fourth-order valence-corrected chi connectivity index (χ4v) is 1.33. The molecular weight excluding hydrogens is 252 g/mol. The zero-order valence-corrected chi connectivity index (χ0v) is 10.5. The van der Waals surface area contributed by atoms with Gasteiger partial charge in [-0.3, -0.25) is 14.6 Å². The van der Waals surface area contributed by atoms with E-state index < -0.39 is 30.5 Å². The Bertz CT molecular complexity index is 501. The number of carbonyl (C=O) groups is 3. The second-order valence-corrected chi connectivity index (χ2v) is 3.84. The van der Waals surface area contributed by atoms with E-state index in [1.807, 2.05) is 0 Å². The van der Waals surface area contributed by atoms with Gasteiger partial charge in [0.05, 0.1) is 0 Å². The van der Waals surface area contributed by atoms with E-state index in [9.17, 15) is 14.4 Å². The van der Waals surface area contributed by atoms with E-state index >= 15 is 0 Å². The fraction of sp³-hybridized carbons (Fsp3) is 0.333. The van der Waals surface area contributed by atoms with Crippen LogP contribution in [-0.4, -0.2) is 40.6 Å². The maximum absolute atomic E-state index is 11.8. The number of carbonyl (C=O) groups excluding carboxylic acids is 2. The van der Waals surface area contributed by atoms with Crippen molar-refractivity contribution in [3.63, 3.8) is 0 Å². The molecule has 0 spiro atoms. The third-order valence-corrected chi connectivity index (χ3v) is 2.28. The van der Waals surface area contributed by atoms with Crippen molar-refractivity contribution in [2.24, 2.45) is 0 Å². The molecule has 7 heteroatoms. The molecule has 0 bridgehead atoms. The SMILES string of the molecule is CC(=O)OC[C@H](NC(=O)c1ncccc1C)C(=O)O. The van der Waals surface area contributed by atoms with Gasteiger partial charge < -0.3 is 15.2 Å². The monoisotopic (exact) mass is 266 g/mol. The highest BCUT2D eigenvalue weighted by atomic mass is 16.5. The number of aryl methyl sites for hydroxylation is 1. The number of esters is 1. The first-order valence-corrected chi connectivity index (χ1v) is 5.50. The Hall–Kier alpha value is -2.44. The Labute approximate surface area is 109 Å². The van der Waals surface area contributed by atoms with Crippen LogP contribution in [0.25, 0.3) is 0 Å². The Morgan fingerprint density at radius 3 is 2.68 bits per heavy atom. The summed E-state index contributed by atoms with van der Waals surface area (Å²) in [6.07, 6.45) is 1.43. The first kappa shape index (κ1) is 14.6. The van der Waals surface area contributed by atoms with Crippen LogP contribution in [0.5, 0.6) is 0 Å². The molecular formula is C12H14N2O5. The van der Waals surface area contributed by atoms with E-state index in [1.54, 1.807) is 19.1 Å². The summed E-state index contributed by atoms with van der Waals surface area (Å²) in [6, 6.07) is 2.04. The minimum atomic E-state index is -1.31. The minimum Gasteiger partial charge on any atom is -0.480 e. The molecule has 0 saturated carbocycles. The molecule has 19 heavy (non-hydrogen) atoms. The lowest BCUT2D eigenvalue weighted by Crippen LogP contribution is -2.44. The molecule has 0 fully saturated rings. The van der Waals surface area contributed by atoms with Crippen LogP contribution in [0, 0.1) is 6.92 Å². The van der Waals surface area contributed by atoms with Crippen molar-refractivity contribution in [3.8, 4) is 0 Å². The van der Waals surface area contributed by atoms with Gasteiger partial charge in [-0.1, -0.05) is 6.07 Å². The summed E-state index contributed by atoms with van der Waals surface area (Å²) < 4.78 is 4.58. The van der Waals surface area contributed by atoms with Crippen molar-refractivity contribution in [3.05, 3.63) is 29.6 Å². The molecule has 1 aromatic heterocycles. The number of nitrogens with one attached hydrogen (secondary N) is 1. The van der Waals surface area contributed by atoms with Gasteiger partial charge in [-0.15, -0.1) is 0 Å². The summed E-state index contributed by atoms with van der Waals surface area (Å²) in [5.74, 6) is -2.53. The number of nitrogens with zero attached hydrogens (tertiary/aromatic N) is 1. The van der Waals surface area contributed by atoms with Crippen LogP contribution in [0.3, 0.4) is 0 Å². The Morgan fingerprint density at radius 1 is 1.47 bits per heavy atom. The van der Waals surface area contributed by atoms with Gasteiger partial charge in [0.25, 0.3) is 5.91 Å². The van der Waals surface area contributed by atoms with Crippen LogP contribution in [0.1, 0.15) is 23.0 Å². The predicted octanol–water partition coefficient (Wildman–Crippen LogP) is 0.136. The van der Waals surface area contributed by atoms with Crippen LogP contribution in [0.4, 0.5) is 0 Å². The first-order valence-electron chi connectivity index (χ1n) is 5.50. The molecule has 0 saturated heterocycles. The molecule has 1 heterocycles. The molecule has 1 atom stereocenters. The molecule has 0 aromatic carbocycles. The number of aliphatic carboxylic acids is 1. The average molecular weight is 266 g/mol. The van der Waals surface area contributed by atoms with Crippen LogP contribution >= 0.6 is 0 Å². The number of hydrogen-bond acceptors (Lipinski definition) is 5. The van der Waals surface area contributed by atoms with Crippen LogP contribution < -0.4 is 5.32 Å². The molecule has 1 amide bonds. The molecule has 1 aromatic rings. The highest BCUT2D eigenvalue weighted by Crippen LogP contribution is 2.03. The smallest absolute Gasteiger partial charge is 0.329 e. The number of carboxylic acid groups (broad SMARTS) is 1. The van der Waals surface area contributed by atoms with Gasteiger partial charge in [-0.05, 0) is 18.6 Å². The van der Waals surface area contributed by atoms with Gasteiger partial charge in [-0.25, -0.2) is 4.79 Å². The molecule has 0 aliphatic heterocycles. The second-order valence-electron chi connectivity index (χ2n) is 3.84. The molecule has 102 valence electrons. The van der Waals surface area contributed by atoms with Gasteiger partial charge in [0.15, 0.2) is 6.04 Å². The Kier molecular flexibility index (Phi) is 4.99. The molecule has 0 unspecified atom stereocenters. The number of ether oxygens (including phenoxy) is 1. The van der Waals surface area contributed by atoms with Crippen molar-refractivity contribution >= 4 is 17.8 Å². The number of hydrogen-bond donors (Lipinski definition) is 2. The standard InChI is InChI=1S/C12H14N2O5/c1-7-4-3-5-13-10(7)11(16)14-9(12(17)18)6-19-8(2)15/h3-5,9H,6H2,1-2H3,(H,14,16)(H,17,18)/t9-/m0/s1. The zero-order valence-electron chi connectivity index (χ0n) is 10.5. The number of amides is 1. The van der Waals surface area contributed by atoms with Gasteiger partial charge in [-0.2, -0.15) is 0 Å².